The molecule has 1 aliphatic rings. The maximum Gasteiger partial charge on any atom is 0.136 e. The van der Waals surface area contributed by atoms with Crippen molar-refractivity contribution in [3.05, 3.63) is 29.3 Å². The Morgan fingerprint density at radius 2 is 2.26 bits per heavy atom. The van der Waals surface area contributed by atoms with Crippen LogP contribution in [0.15, 0.2) is 18.2 Å². The minimum absolute atomic E-state index is 0.625. The molecular weight excluding hydrogens is 236 g/mol. The van der Waals surface area contributed by atoms with Crippen LogP contribution in [0.1, 0.15) is 31.4 Å². The van der Waals surface area contributed by atoms with Crippen LogP contribution < -0.4 is 4.74 Å². The van der Waals surface area contributed by atoms with Crippen molar-refractivity contribution in [3.63, 3.8) is 0 Å². The van der Waals surface area contributed by atoms with Gasteiger partial charge in [-0.1, -0.05) is 19.9 Å². The van der Waals surface area contributed by atoms with E-state index < -0.39 is 0 Å². The molecule has 0 N–H and O–H groups in total. The van der Waals surface area contributed by atoms with Gasteiger partial charge in [0, 0.05) is 13.1 Å². The highest BCUT2D eigenvalue weighted by Gasteiger charge is 2.24. The highest BCUT2D eigenvalue weighted by Crippen LogP contribution is 2.26. The normalized spacial score (nSPS) is 19.6. The summed E-state index contributed by atoms with van der Waals surface area (Å²) in [6.45, 7) is 7.87. The molecular formula is C16H22N2O. The van der Waals surface area contributed by atoms with Gasteiger partial charge in [-0.2, -0.15) is 5.26 Å². The standard InChI is InChI=1S/C16H22N2O/c1-12(2)14-6-7-18(11-14)10-13-4-5-16(19-3)15(8-13)9-17/h4-5,8,12,14H,6-7,10-11H2,1-3H3. The maximum atomic E-state index is 9.11. The number of hydrogen-bond acceptors (Lipinski definition) is 3. The summed E-state index contributed by atoms with van der Waals surface area (Å²) in [7, 11) is 1.60. The number of benzene rings is 1. The number of likely N-dealkylation sites (tertiary alicyclic amines) is 1. The summed E-state index contributed by atoms with van der Waals surface area (Å²) in [5.74, 6) is 2.23. The third-order valence-corrected chi connectivity index (χ3v) is 4.04. The van der Waals surface area contributed by atoms with Crippen LogP contribution in [0.3, 0.4) is 0 Å². The molecule has 19 heavy (non-hydrogen) atoms. The van der Waals surface area contributed by atoms with Crippen LogP contribution in [0.5, 0.6) is 5.75 Å². The summed E-state index contributed by atoms with van der Waals surface area (Å²) in [6.07, 6.45) is 1.29. The van der Waals surface area contributed by atoms with E-state index in [2.05, 4.69) is 30.9 Å². The molecule has 3 heteroatoms. The van der Waals surface area contributed by atoms with E-state index in [0.29, 0.717) is 11.3 Å². The third-order valence-electron chi connectivity index (χ3n) is 4.04. The summed E-state index contributed by atoms with van der Waals surface area (Å²) in [5, 5.41) is 9.11. The summed E-state index contributed by atoms with van der Waals surface area (Å²) < 4.78 is 5.17. The largest absolute Gasteiger partial charge is 0.495 e. The van der Waals surface area contributed by atoms with Crippen LogP contribution in [0.2, 0.25) is 0 Å². The zero-order valence-electron chi connectivity index (χ0n) is 12.0. The van der Waals surface area contributed by atoms with Gasteiger partial charge in [0.15, 0.2) is 0 Å². The third kappa shape index (κ3) is 3.27. The van der Waals surface area contributed by atoms with E-state index in [1.807, 2.05) is 12.1 Å². The van der Waals surface area contributed by atoms with Crippen LogP contribution in [0.25, 0.3) is 0 Å². The van der Waals surface area contributed by atoms with Gasteiger partial charge in [0.2, 0.25) is 0 Å². The lowest BCUT2D eigenvalue weighted by atomic mass is 9.95. The smallest absolute Gasteiger partial charge is 0.136 e. The summed E-state index contributed by atoms with van der Waals surface area (Å²) in [5.41, 5.74) is 1.82. The predicted octanol–water partition coefficient (Wildman–Crippen LogP) is 3.04. The Hall–Kier alpha value is -1.53. The second-order valence-corrected chi connectivity index (χ2v) is 5.67. The molecule has 0 spiro atoms. The van der Waals surface area contributed by atoms with Crippen LogP contribution in [0.4, 0.5) is 0 Å². The lowest BCUT2D eigenvalue weighted by Crippen LogP contribution is -2.21. The predicted molar refractivity (Wildman–Crippen MR) is 75.9 cm³/mol. The number of nitriles is 1. The van der Waals surface area contributed by atoms with E-state index in [1.165, 1.54) is 18.5 Å². The Balaban J connectivity index is 2.03. The van der Waals surface area contributed by atoms with Crippen LogP contribution >= 0.6 is 0 Å². The number of nitrogens with zero attached hydrogens (tertiary/aromatic N) is 2. The highest BCUT2D eigenvalue weighted by atomic mass is 16.5. The molecule has 1 atom stereocenters. The van der Waals surface area contributed by atoms with Crippen molar-refractivity contribution in [2.24, 2.45) is 11.8 Å². The average molecular weight is 258 g/mol. The second kappa shape index (κ2) is 6.08. The average Bonchev–Trinajstić information content (AvgIpc) is 2.87. The molecule has 102 valence electrons. The first-order chi connectivity index (χ1) is 9.13. The molecule has 0 bridgehead atoms. The van der Waals surface area contributed by atoms with Crippen molar-refractivity contribution < 1.29 is 4.74 Å². The molecule has 1 unspecified atom stereocenters. The van der Waals surface area contributed by atoms with Crippen molar-refractivity contribution in [2.75, 3.05) is 20.2 Å². The van der Waals surface area contributed by atoms with Crippen molar-refractivity contribution >= 4 is 0 Å². The van der Waals surface area contributed by atoms with Crippen molar-refractivity contribution in [3.8, 4) is 11.8 Å². The van der Waals surface area contributed by atoms with Crippen LogP contribution in [-0.4, -0.2) is 25.1 Å². The molecule has 0 aliphatic carbocycles. The number of methoxy groups -OCH3 is 1. The zero-order chi connectivity index (χ0) is 13.8. The first-order valence-electron chi connectivity index (χ1n) is 6.93. The number of ether oxygens (including phenoxy) is 1. The second-order valence-electron chi connectivity index (χ2n) is 5.67. The lowest BCUT2D eigenvalue weighted by Gasteiger charge is -2.18. The maximum absolute atomic E-state index is 9.11. The van der Waals surface area contributed by atoms with Gasteiger partial charge in [-0.15, -0.1) is 0 Å². The van der Waals surface area contributed by atoms with Gasteiger partial charge < -0.3 is 4.74 Å². The van der Waals surface area contributed by atoms with E-state index in [9.17, 15) is 0 Å². The molecule has 1 fully saturated rings. The zero-order valence-corrected chi connectivity index (χ0v) is 12.0. The first-order valence-corrected chi connectivity index (χ1v) is 6.93. The Labute approximate surface area is 115 Å². The molecule has 0 radical (unpaired) electrons. The summed E-state index contributed by atoms with van der Waals surface area (Å²) >= 11 is 0. The van der Waals surface area contributed by atoms with Crippen LogP contribution in [-0.2, 0) is 6.54 Å². The van der Waals surface area contributed by atoms with Crippen molar-refractivity contribution in [1.82, 2.24) is 4.90 Å². The van der Waals surface area contributed by atoms with Gasteiger partial charge in [0.1, 0.15) is 11.8 Å². The minimum atomic E-state index is 0.625. The summed E-state index contributed by atoms with van der Waals surface area (Å²) in [6, 6.07) is 8.09. The van der Waals surface area contributed by atoms with E-state index >= 15 is 0 Å². The van der Waals surface area contributed by atoms with Gasteiger partial charge in [-0.3, -0.25) is 4.90 Å². The molecule has 0 saturated carbocycles. The SMILES string of the molecule is COc1ccc(CN2CCC(C(C)C)C2)cc1C#N. The van der Waals surface area contributed by atoms with Gasteiger partial charge in [0.25, 0.3) is 0 Å². The summed E-state index contributed by atoms with van der Waals surface area (Å²) in [4.78, 5) is 2.48. The highest BCUT2D eigenvalue weighted by molar-refractivity contribution is 5.45. The fourth-order valence-corrected chi connectivity index (χ4v) is 2.75. The topological polar surface area (TPSA) is 36.3 Å². The monoisotopic (exact) mass is 258 g/mol. The molecule has 0 aromatic heterocycles. The van der Waals surface area contributed by atoms with Crippen molar-refractivity contribution in [1.29, 1.82) is 5.26 Å². The van der Waals surface area contributed by atoms with Gasteiger partial charge in [0.05, 0.1) is 12.7 Å². The Morgan fingerprint density at radius 3 is 2.84 bits per heavy atom. The Morgan fingerprint density at radius 1 is 1.47 bits per heavy atom. The molecule has 1 aromatic carbocycles. The van der Waals surface area contributed by atoms with E-state index in [4.69, 9.17) is 10.00 Å². The molecule has 1 saturated heterocycles. The molecule has 3 nitrogen and oxygen atoms in total. The fraction of sp³-hybridized carbons (Fsp3) is 0.562. The molecule has 2 rings (SSSR count). The van der Waals surface area contributed by atoms with Crippen molar-refractivity contribution in [2.45, 2.75) is 26.8 Å². The molecule has 1 heterocycles. The minimum Gasteiger partial charge on any atom is -0.495 e. The van der Waals surface area contributed by atoms with Gasteiger partial charge >= 0.3 is 0 Å². The van der Waals surface area contributed by atoms with Gasteiger partial charge in [-0.05, 0) is 42.5 Å². The number of rotatable bonds is 4. The fourth-order valence-electron chi connectivity index (χ4n) is 2.75. The number of hydrogen-bond donors (Lipinski definition) is 0. The van der Waals surface area contributed by atoms with Gasteiger partial charge in [-0.25, -0.2) is 0 Å². The van der Waals surface area contributed by atoms with E-state index in [-0.39, 0.29) is 0 Å². The van der Waals surface area contributed by atoms with Crippen LogP contribution in [0, 0.1) is 23.2 Å². The lowest BCUT2D eigenvalue weighted by molar-refractivity contribution is 0.296. The molecule has 1 aromatic rings. The first kappa shape index (κ1) is 13.9. The Kier molecular flexibility index (Phi) is 4.44. The quantitative estimate of drug-likeness (QED) is 0.833. The molecule has 1 aliphatic heterocycles. The molecule has 0 amide bonds. The van der Waals surface area contributed by atoms with E-state index in [1.54, 1.807) is 7.11 Å². The van der Waals surface area contributed by atoms with E-state index in [0.717, 1.165) is 24.9 Å². The Bertz CT molecular complexity index is 476.